The van der Waals surface area contributed by atoms with Crippen molar-refractivity contribution in [2.45, 2.75) is 24.5 Å². The minimum absolute atomic E-state index is 0.0836. The molecule has 176 valence electrons. The molecule has 3 rings (SSSR count). The lowest BCUT2D eigenvalue weighted by Gasteiger charge is -2.09. The molecule has 0 unspecified atom stereocenters. The smallest absolute Gasteiger partial charge is 0.416 e. The first kappa shape index (κ1) is 24.8. The van der Waals surface area contributed by atoms with Crippen molar-refractivity contribution in [2.24, 2.45) is 0 Å². The molecule has 2 N–H and O–H groups in total. The lowest BCUT2D eigenvalue weighted by atomic mass is 10.1. The topological polar surface area (TPSA) is 112 Å². The fourth-order valence-electron chi connectivity index (χ4n) is 2.80. The number of amides is 1. The second-order valence-corrected chi connectivity index (χ2v) is 8.91. The Morgan fingerprint density at radius 3 is 2.47 bits per heavy atom. The molecule has 0 spiro atoms. The van der Waals surface area contributed by atoms with E-state index < -0.39 is 33.2 Å². The van der Waals surface area contributed by atoms with Gasteiger partial charge in [0, 0.05) is 11.8 Å². The predicted molar refractivity (Wildman–Crippen MR) is 118 cm³/mol. The van der Waals surface area contributed by atoms with Crippen molar-refractivity contribution in [3.63, 3.8) is 0 Å². The van der Waals surface area contributed by atoms with Crippen LogP contribution in [0.15, 0.2) is 75.5 Å². The Labute approximate surface area is 193 Å². The van der Waals surface area contributed by atoms with Gasteiger partial charge < -0.3 is 9.73 Å². The van der Waals surface area contributed by atoms with E-state index in [-0.39, 0.29) is 28.6 Å². The van der Waals surface area contributed by atoms with Gasteiger partial charge in [-0.15, -0.1) is 0 Å². The summed E-state index contributed by atoms with van der Waals surface area (Å²) in [6.07, 6.45) is -3.49. The van der Waals surface area contributed by atoms with Crippen LogP contribution in [0.2, 0.25) is 0 Å². The average Bonchev–Trinajstić information content (AvgIpc) is 3.23. The normalized spacial score (nSPS) is 12.3. The van der Waals surface area contributed by atoms with Gasteiger partial charge in [0.15, 0.2) is 0 Å². The minimum atomic E-state index is -4.58. The Kier molecular flexibility index (Phi) is 7.24. The van der Waals surface area contributed by atoms with Gasteiger partial charge >= 0.3 is 6.18 Å². The van der Waals surface area contributed by atoms with Crippen LogP contribution in [0, 0.1) is 18.3 Å². The first-order valence-electron chi connectivity index (χ1n) is 9.73. The zero-order valence-electron chi connectivity index (χ0n) is 17.7. The number of benzene rings is 2. The number of aryl methyl sites for hydroxylation is 1. The highest BCUT2D eigenvalue weighted by Gasteiger charge is 2.30. The number of nitrogens with zero attached hydrogens (tertiary/aromatic N) is 1. The maximum Gasteiger partial charge on any atom is 0.416 e. The van der Waals surface area contributed by atoms with Crippen LogP contribution >= 0.6 is 0 Å². The quantitative estimate of drug-likeness (QED) is 0.371. The molecule has 3 aromatic rings. The van der Waals surface area contributed by atoms with E-state index >= 15 is 0 Å². The summed E-state index contributed by atoms with van der Waals surface area (Å²) in [5.41, 5.74) is -0.589. The van der Waals surface area contributed by atoms with Crippen LogP contribution in [0.25, 0.3) is 6.08 Å². The zero-order chi connectivity index (χ0) is 24.9. The Morgan fingerprint density at radius 2 is 1.82 bits per heavy atom. The predicted octanol–water partition coefficient (Wildman–Crippen LogP) is 4.63. The number of nitriles is 1. The third-order valence-electron chi connectivity index (χ3n) is 4.55. The number of nitrogens with one attached hydrogen (secondary N) is 2. The Morgan fingerprint density at radius 1 is 1.12 bits per heavy atom. The van der Waals surface area contributed by atoms with Crippen LogP contribution in [-0.2, 0) is 27.5 Å². The van der Waals surface area contributed by atoms with Crippen LogP contribution in [0.1, 0.15) is 22.6 Å². The lowest BCUT2D eigenvalue weighted by Crippen LogP contribution is -2.22. The first-order chi connectivity index (χ1) is 16.0. The summed E-state index contributed by atoms with van der Waals surface area (Å²) < 4.78 is 71.1. The van der Waals surface area contributed by atoms with Crippen LogP contribution in [-0.4, -0.2) is 14.3 Å². The summed E-state index contributed by atoms with van der Waals surface area (Å²) in [5, 5.41) is 11.5. The third-order valence-corrected chi connectivity index (χ3v) is 5.97. The van der Waals surface area contributed by atoms with Crippen molar-refractivity contribution in [2.75, 3.05) is 5.32 Å². The Balaban J connectivity index is 1.68. The number of carbonyl (C=O) groups excluding carboxylic acids is 1. The Bertz CT molecular complexity index is 1370. The highest BCUT2D eigenvalue weighted by molar-refractivity contribution is 7.89. The average molecular weight is 489 g/mol. The van der Waals surface area contributed by atoms with Gasteiger partial charge in [0.1, 0.15) is 23.2 Å². The highest BCUT2D eigenvalue weighted by atomic mass is 32.2. The molecule has 34 heavy (non-hydrogen) atoms. The molecule has 0 fully saturated rings. The highest BCUT2D eigenvalue weighted by Crippen LogP contribution is 2.30. The molecule has 0 saturated heterocycles. The fraction of sp³-hybridized carbons (Fsp3) is 0.130. The van der Waals surface area contributed by atoms with Gasteiger partial charge in [0.2, 0.25) is 10.0 Å². The summed E-state index contributed by atoms with van der Waals surface area (Å²) in [6.45, 7) is 1.65. The van der Waals surface area contributed by atoms with E-state index in [1.165, 1.54) is 30.3 Å². The second-order valence-electron chi connectivity index (χ2n) is 7.14. The number of anilines is 1. The maximum absolute atomic E-state index is 12.8. The number of hydrogen-bond donors (Lipinski definition) is 2. The lowest BCUT2D eigenvalue weighted by molar-refractivity contribution is -0.137. The van der Waals surface area contributed by atoms with E-state index in [0.717, 1.165) is 29.8 Å². The molecule has 0 aliphatic rings. The summed E-state index contributed by atoms with van der Waals surface area (Å²) in [5.74, 6) is -0.627. The van der Waals surface area contributed by atoms with Gasteiger partial charge in [-0.3, -0.25) is 4.79 Å². The molecule has 0 radical (unpaired) electrons. The van der Waals surface area contributed by atoms with Gasteiger partial charge in [-0.25, -0.2) is 13.1 Å². The fourth-order valence-corrected chi connectivity index (χ4v) is 3.79. The van der Waals surface area contributed by atoms with Gasteiger partial charge in [0.25, 0.3) is 5.91 Å². The van der Waals surface area contributed by atoms with Crippen LogP contribution in [0.4, 0.5) is 18.9 Å². The summed E-state index contributed by atoms with van der Waals surface area (Å²) in [7, 11) is -3.78. The van der Waals surface area contributed by atoms with Crippen molar-refractivity contribution in [3.8, 4) is 6.07 Å². The molecule has 0 bridgehead atoms. The monoisotopic (exact) mass is 489 g/mol. The summed E-state index contributed by atoms with van der Waals surface area (Å²) in [4.78, 5) is 12.4. The molecule has 0 atom stereocenters. The molecule has 1 heterocycles. The molecular formula is C23H18F3N3O4S. The number of alkyl halides is 3. The largest absolute Gasteiger partial charge is 0.460 e. The van der Waals surface area contributed by atoms with E-state index in [9.17, 15) is 31.6 Å². The van der Waals surface area contributed by atoms with Crippen molar-refractivity contribution < 1.29 is 30.8 Å². The van der Waals surface area contributed by atoms with Crippen molar-refractivity contribution in [1.82, 2.24) is 4.72 Å². The standard InChI is InChI=1S/C23H18F3N3O4S/c1-15-5-9-21(10-6-15)34(31,32)28-14-20-8-7-19(33-20)11-16(13-27)22(30)29-18-4-2-3-17(12-18)23(24,25)26/h2-12,28H,14H2,1H3,(H,29,30)/b16-11-. The van der Waals surface area contributed by atoms with E-state index in [1.54, 1.807) is 18.2 Å². The maximum atomic E-state index is 12.8. The minimum Gasteiger partial charge on any atom is -0.460 e. The van der Waals surface area contributed by atoms with Crippen molar-refractivity contribution in [3.05, 3.63) is 88.9 Å². The van der Waals surface area contributed by atoms with Crippen molar-refractivity contribution in [1.29, 1.82) is 5.26 Å². The van der Waals surface area contributed by atoms with E-state index in [4.69, 9.17) is 4.42 Å². The number of halogens is 3. The number of sulfonamides is 1. The van der Waals surface area contributed by atoms with Crippen LogP contribution < -0.4 is 10.0 Å². The van der Waals surface area contributed by atoms with Gasteiger partial charge in [-0.2, -0.15) is 18.4 Å². The number of carbonyl (C=O) groups is 1. The SMILES string of the molecule is Cc1ccc(S(=O)(=O)NCc2ccc(/C=C(/C#N)C(=O)Nc3cccc(C(F)(F)F)c3)o2)cc1. The molecule has 0 aliphatic carbocycles. The summed E-state index contributed by atoms with van der Waals surface area (Å²) >= 11 is 0. The molecule has 1 amide bonds. The number of hydrogen-bond acceptors (Lipinski definition) is 5. The second kappa shape index (κ2) is 9.94. The first-order valence-corrected chi connectivity index (χ1v) is 11.2. The van der Waals surface area contributed by atoms with E-state index in [2.05, 4.69) is 10.0 Å². The van der Waals surface area contributed by atoms with E-state index in [0.29, 0.717) is 0 Å². The molecular weight excluding hydrogens is 471 g/mol. The molecule has 2 aromatic carbocycles. The third kappa shape index (κ3) is 6.34. The molecule has 0 aliphatic heterocycles. The molecule has 1 aromatic heterocycles. The van der Waals surface area contributed by atoms with E-state index in [1.807, 2.05) is 6.92 Å². The summed E-state index contributed by atoms with van der Waals surface area (Å²) in [6, 6.07) is 14.8. The van der Waals surface area contributed by atoms with Gasteiger partial charge in [-0.05, 0) is 49.4 Å². The number of rotatable bonds is 7. The number of furan rings is 1. The Hall–Kier alpha value is -3.88. The zero-order valence-corrected chi connectivity index (χ0v) is 18.5. The van der Waals surface area contributed by atoms with Gasteiger partial charge in [0.05, 0.1) is 17.0 Å². The molecule has 7 nitrogen and oxygen atoms in total. The van der Waals surface area contributed by atoms with Gasteiger partial charge in [-0.1, -0.05) is 23.8 Å². The van der Waals surface area contributed by atoms with Crippen molar-refractivity contribution >= 4 is 27.7 Å². The molecule has 11 heteroatoms. The van der Waals surface area contributed by atoms with Crippen LogP contribution in [0.3, 0.4) is 0 Å². The molecule has 0 saturated carbocycles. The van der Waals surface area contributed by atoms with Crippen LogP contribution in [0.5, 0.6) is 0 Å².